The highest BCUT2D eigenvalue weighted by Crippen LogP contribution is 2.34. The summed E-state index contributed by atoms with van der Waals surface area (Å²) in [6.45, 7) is 7.44. The van der Waals surface area contributed by atoms with Crippen LogP contribution in [0.25, 0.3) is 6.08 Å². The van der Waals surface area contributed by atoms with Crippen LogP contribution in [0, 0.1) is 3.57 Å². The van der Waals surface area contributed by atoms with Crippen LogP contribution in [0.2, 0.25) is 0 Å². The molecule has 1 unspecified atom stereocenters. The summed E-state index contributed by atoms with van der Waals surface area (Å²) < 4.78 is 17.1. The van der Waals surface area contributed by atoms with Gasteiger partial charge in [-0.15, -0.1) is 0 Å². The molecule has 5 heteroatoms. The highest BCUT2D eigenvalue weighted by Gasteiger charge is 2.22. The third kappa shape index (κ3) is 5.34. The lowest BCUT2D eigenvalue weighted by molar-refractivity contribution is 0.115. The fourth-order valence-electron chi connectivity index (χ4n) is 3.08. The Labute approximate surface area is 169 Å². The van der Waals surface area contributed by atoms with Gasteiger partial charge < -0.3 is 19.3 Å². The van der Waals surface area contributed by atoms with Gasteiger partial charge in [-0.1, -0.05) is 31.2 Å². The van der Waals surface area contributed by atoms with Gasteiger partial charge >= 0.3 is 0 Å². The number of hydrogen-bond acceptors (Lipinski definition) is 4. The van der Waals surface area contributed by atoms with Crippen molar-refractivity contribution in [1.82, 2.24) is 0 Å². The SMILES string of the molecule is C=C(COC)C1=CCOC1CC/C(=C/c1cc(I)c(O)c(OC)c1)CC. The minimum absolute atomic E-state index is 0.0853. The van der Waals surface area contributed by atoms with Crippen LogP contribution in [0.1, 0.15) is 31.7 Å². The summed E-state index contributed by atoms with van der Waals surface area (Å²) in [6.07, 6.45) is 7.19. The van der Waals surface area contributed by atoms with E-state index in [1.54, 1.807) is 14.2 Å². The number of phenolic OH excluding ortho intramolecular Hbond substituents is 1. The van der Waals surface area contributed by atoms with Crippen molar-refractivity contribution in [2.24, 2.45) is 0 Å². The van der Waals surface area contributed by atoms with Crippen LogP contribution in [0.3, 0.4) is 0 Å². The van der Waals surface area contributed by atoms with Gasteiger partial charge in [0.1, 0.15) is 0 Å². The van der Waals surface area contributed by atoms with E-state index in [1.807, 2.05) is 12.1 Å². The Balaban J connectivity index is 2.08. The maximum Gasteiger partial charge on any atom is 0.171 e. The molecule has 4 nitrogen and oxygen atoms in total. The van der Waals surface area contributed by atoms with Crippen molar-refractivity contribution in [3.63, 3.8) is 0 Å². The Bertz CT molecular complexity index is 706. The molecule has 0 saturated heterocycles. The normalized spacial score (nSPS) is 17.3. The van der Waals surface area contributed by atoms with E-state index in [1.165, 1.54) is 11.1 Å². The van der Waals surface area contributed by atoms with Crippen molar-refractivity contribution >= 4 is 28.7 Å². The third-order valence-electron chi connectivity index (χ3n) is 4.50. The maximum atomic E-state index is 9.99. The standard InChI is InChI=1S/C21H27IO4/c1-5-15(10-16-11-18(22)21(23)20(12-16)25-4)6-7-19-17(8-9-26-19)14(2)13-24-3/h8,10-12,19,23H,2,5-7,9,13H2,1,3-4H3/b15-10+. The number of rotatable bonds is 9. The van der Waals surface area contributed by atoms with Gasteiger partial charge in [-0.2, -0.15) is 0 Å². The molecule has 0 bridgehead atoms. The summed E-state index contributed by atoms with van der Waals surface area (Å²) in [5.74, 6) is 0.688. The molecule has 0 amide bonds. The van der Waals surface area contributed by atoms with Gasteiger partial charge in [-0.3, -0.25) is 0 Å². The van der Waals surface area contributed by atoms with Crippen LogP contribution in [-0.2, 0) is 9.47 Å². The number of ether oxygens (including phenoxy) is 3. The van der Waals surface area contributed by atoms with E-state index in [-0.39, 0.29) is 11.9 Å². The molecular weight excluding hydrogens is 443 g/mol. The predicted octanol–water partition coefficient (Wildman–Crippen LogP) is 5.11. The van der Waals surface area contributed by atoms with E-state index in [2.05, 4.69) is 48.2 Å². The second-order valence-corrected chi connectivity index (χ2v) is 7.43. The van der Waals surface area contributed by atoms with Crippen molar-refractivity contribution in [3.8, 4) is 11.5 Å². The molecule has 1 heterocycles. The number of allylic oxidation sites excluding steroid dienone is 1. The van der Waals surface area contributed by atoms with Crippen LogP contribution in [-0.4, -0.2) is 38.6 Å². The first kappa shape index (κ1) is 21.0. The minimum Gasteiger partial charge on any atom is -0.504 e. The van der Waals surface area contributed by atoms with Crippen molar-refractivity contribution in [2.45, 2.75) is 32.3 Å². The molecule has 0 spiro atoms. The van der Waals surface area contributed by atoms with Gasteiger partial charge in [0, 0.05) is 7.11 Å². The van der Waals surface area contributed by atoms with Crippen LogP contribution in [0.5, 0.6) is 11.5 Å². The number of methoxy groups -OCH3 is 2. The number of benzene rings is 1. The Hall–Kier alpha value is -1.31. The molecule has 0 aliphatic carbocycles. The predicted molar refractivity (Wildman–Crippen MR) is 114 cm³/mol. The molecule has 0 aromatic heterocycles. The molecular formula is C21H27IO4. The summed E-state index contributed by atoms with van der Waals surface area (Å²) in [6, 6.07) is 3.83. The van der Waals surface area contributed by atoms with Crippen LogP contribution < -0.4 is 4.74 Å². The van der Waals surface area contributed by atoms with Gasteiger partial charge in [0.25, 0.3) is 0 Å². The molecule has 1 aromatic carbocycles. The smallest absolute Gasteiger partial charge is 0.171 e. The summed E-state index contributed by atoms with van der Waals surface area (Å²) in [4.78, 5) is 0. The lowest BCUT2D eigenvalue weighted by Gasteiger charge is -2.17. The lowest BCUT2D eigenvalue weighted by Crippen LogP contribution is -2.13. The van der Waals surface area contributed by atoms with Crippen molar-refractivity contribution in [2.75, 3.05) is 27.4 Å². The summed E-state index contributed by atoms with van der Waals surface area (Å²) in [5.41, 5.74) is 4.53. The fourth-order valence-corrected chi connectivity index (χ4v) is 3.70. The summed E-state index contributed by atoms with van der Waals surface area (Å²) >= 11 is 2.12. The van der Waals surface area contributed by atoms with Crippen molar-refractivity contribution in [3.05, 3.63) is 50.6 Å². The van der Waals surface area contributed by atoms with Crippen LogP contribution >= 0.6 is 22.6 Å². The molecule has 1 atom stereocenters. The van der Waals surface area contributed by atoms with E-state index < -0.39 is 0 Å². The average molecular weight is 470 g/mol. The Morgan fingerprint density at radius 3 is 2.85 bits per heavy atom. The third-order valence-corrected chi connectivity index (χ3v) is 5.32. The number of aromatic hydroxyl groups is 1. The topological polar surface area (TPSA) is 47.9 Å². The monoisotopic (exact) mass is 470 g/mol. The quantitative estimate of drug-likeness (QED) is 0.510. The largest absolute Gasteiger partial charge is 0.504 e. The zero-order valence-corrected chi connectivity index (χ0v) is 17.8. The molecule has 0 fully saturated rings. The van der Waals surface area contributed by atoms with E-state index in [9.17, 15) is 5.11 Å². The second kappa shape index (κ2) is 10.1. The number of hydrogen-bond donors (Lipinski definition) is 1. The van der Waals surface area contributed by atoms with E-state index in [4.69, 9.17) is 14.2 Å². The first-order valence-electron chi connectivity index (χ1n) is 8.74. The van der Waals surface area contributed by atoms with Gasteiger partial charge in [0.15, 0.2) is 11.5 Å². The number of halogens is 1. The van der Waals surface area contributed by atoms with E-state index in [0.717, 1.165) is 34.0 Å². The van der Waals surface area contributed by atoms with Gasteiger partial charge in [0.05, 0.1) is 30.0 Å². The molecule has 2 rings (SSSR count). The number of phenols is 1. The lowest BCUT2D eigenvalue weighted by atomic mass is 9.96. The second-order valence-electron chi connectivity index (χ2n) is 6.27. The molecule has 1 aliphatic rings. The van der Waals surface area contributed by atoms with E-state index in [0.29, 0.717) is 19.0 Å². The maximum absolute atomic E-state index is 9.99. The summed E-state index contributed by atoms with van der Waals surface area (Å²) in [7, 11) is 3.25. The Morgan fingerprint density at radius 1 is 1.42 bits per heavy atom. The zero-order valence-electron chi connectivity index (χ0n) is 15.7. The van der Waals surface area contributed by atoms with Gasteiger partial charge in [-0.05, 0) is 70.7 Å². The Morgan fingerprint density at radius 2 is 2.19 bits per heavy atom. The van der Waals surface area contributed by atoms with Gasteiger partial charge in [0.2, 0.25) is 0 Å². The zero-order chi connectivity index (χ0) is 19.1. The minimum atomic E-state index is 0.0853. The van der Waals surface area contributed by atoms with Crippen LogP contribution in [0.15, 0.2) is 41.5 Å². The molecule has 1 aliphatic heterocycles. The van der Waals surface area contributed by atoms with Crippen molar-refractivity contribution in [1.29, 1.82) is 0 Å². The highest BCUT2D eigenvalue weighted by molar-refractivity contribution is 14.1. The molecule has 0 radical (unpaired) electrons. The van der Waals surface area contributed by atoms with Crippen LogP contribution in [0.4, 0.5) is 0 Å². The average Bonchev–Trinajstić information content (AvgIpc) is 3.10. The molecule has 142 valence electrons. The van der Waals surface area contributed by atoms with Gasteiger partial charge in [-0.25, -0.2) is 0 Å². The molecule has 1 N–H and O–H groups in total. The first-order valence-corrected chi connectivity index (χ1v) is 9.82. The highest BCUT2D eigenvalue weighted by atomic mass is 127. The molecule has 26 heavy (non-hydrogen) atoms. The molecule has 0 saturated carbocycles. The Kier molecular flexibility index (Phi) is 8.18. The van der Waals surface area contributed by atoms with E-state index >= 15 is 0 Å². The first-order chi connectivity index (χ1) is 12.5. The van der Waals surface area contributed by atoms with Crippen molar-refractivity contribution < 1.29 is 19.3 Å². The summed E-state index contributed by atoms with van der Waals surface area (Å²) in [5, 5.41) is 9.99. The fraction of sp³-hybridized carbons (Fsp3) is 0.429. The molecule has 1 aromatic rings.